The highest BCUT2D eigenvalue weighted by molar-refractivity contribution is 5.90. The number of nitrogens with zero attached hydrogens (tertiary/aromatic N) is 3. The number of hydrogen-bond acceptors (Lipinski definition) is 4. The number of unbranched alkanes of at least 4 members (excludes halogenated alkanes) is 2. The highest BCUT2D eigenvalue weighted by Gasteiger charge is 2.29. The van der Waals surface area contributed by atoms with Crippen molar-refractivity contribution >= 4 is 22.5 Å². The third-order valence-electron chi connectivity index (χ3n) is 4.40. The normalized spacial score (nSPS) is 11.6. The summed E-state index contributed by atoms with van der Waals surface area (Å²) in [5, 5.41) is 11.0. The maximum Gasteiger partial charge on any atom is 0.416 e. The van der Waals surface area contributed by atoms with Crippen molar-refractivity contribution in [3.8, 4) is 0 Å². The minimum Gasteiger partial charge on any atom is -0.326 e. The molecule has 29 heavy (non-hydrogen) atoms. The van der Waals surface area contributed by atoms with Gasteiger partial charge >= 0.3 is 6.18 Å². The summed E-state index contributed by atoms with van der Waals surface area (Å²) in [4.78, 5) is 24.2. The molecule has 3 rings (SSSR count). The predicted octanol–water partition coefficient (Wildman–Crippen LogP) is 4.01. The second-order valence-corrected chi connectivity index (χ2v) is 6.57. The van der Waals surface area contributed by atoms with Crippen LogP contribution in [0.1, 0.15) is 31.2 Å². The number of carbonyl (C=O) groups excluding carboxylic acids is 1. The smallest absolute Gasteiger partial charge is 0.326 e. The van der Waals surface area contributed by atoms with Gasteiger partial charge in [-0.15, -0.1) is 5.10 Å². The number of fused-ring (bicyclic) bond motifs is 1. The first-order chi connectivity index (χ1) is 13.8. The van der Waals surface area contributed by atoms with E-state index < -0.39 is 11.7 Å². The summed E-state index contributed by atoms with van der Waals surface area (Å²) in [5.74, 6) is -0.271. The first kappa shape index (κ1) is 20.5. The minimum absolute atomic E-state index is 0.198. The largest absolute Gasteiger partial charge is 0.416 e. The topological polar surface area (TPSA) is 76.9 Å². The van der Waals surface area contributed by atoms with E-state index in [1.165, 1.54) is 16.8 Å². The fourth-order valence-electron chi connectivity index (χ4n) is 2.86. The van der Waals surface area contributed by atoms with Gasteiger partial charge in [0.25, 0.3) is 5.56 Å². The second-order valence-electron chi connectivity index (χ2n) is 6.57. The van der Waals surface area contributed by atoms with E-state index in [-0.39, 0.29) is 17.9 Å². The van der Waals surface area contributed by atoms with Gasteiger partial charge in [-0.25, -0.2) is 4.68 Å². The third-order valence-corrected chi connectivity index (χ3v) is 4.40. The summed E-state index contributed by atoms with van der Waals surface area (Å²) in [7, 11) is 0. The van der Waals surface area contributed by atoms with Crippen molar-refractivity contribution in [2.45, 2.75) is 38.4 Å². The highest BCUT2D eigenvalue weighted by Crippen LogP contribution is 2.29. The van der Waals surface area contributed by atoms with E-state index in [4.69, 9.17) is 0 Å². The number of hydrogen-bond donors (Lipinski definition) is 1. The van der Waals surface area contributed by atoms with E-state index >= 15 is 0 Å². The molecule has 0 saturated heterocycles. The monoisotopic (exact) mass is 404 g/mol. The maximum atomic E-state index is 12.5. The lowest BCUT2D eigenvalue weighted by Gasteiger charge is -2.09. The summed E-state index contributed by atoms with van der Waals surface area (Å²) in [5.41, 5.74) is -0.0899. The van der Waals surface area contributed by atoms with Crippen LogP contribution in [0.3, 0.4) is 0 Å². The molecule has 0 spiro atoms. The Bertz CT molecular complexity index is 1050. The Balaban J connectivity index is 1.42. The Morgan fingerprint density at radius 1 is 1.00 bits per heavy atom. The van der Waals surface area contributed by atoms with Gasteiger partial charge in [-0.2, -0.15) is 13.2 Å². The van der Waals surface area contributed by atoms with Crippen molar-refractivity contribution in [2.75, 3.05) is 5.32 Å². The predicted molar refractivity (Wildman–Crippen MR) is 102 cm³/mol. The molecule has 2 aromatic carbocycles. The lowest BCUT2D eigenvalue weighted by Crippen LogP contribution is -2.24. The molecule has 9 heteroatoms. The van der Waals surface area contributed by atoms with Crippen LogP contribution < -0.4 is 10.9 Å². The Morgan fingerprint density at radius 2 is 1.72 bits per heavy atom. The summed E-state index contributed by atoms with van der Waals surface area (Å²) in [6.45, 7) is 0.400. The van der Waals surface area contributed by atoms with Crippen molar-refractivity contribution in [3.05, 3.63) is 64.4 Å². The molecular formula is C20H19F3N4O2. The first-order valence-electron chi connectivity index (χ1n) is 9.14. The van der Waals surface area contributed by atoms with Crippen molar-refractivity contribution in [1.29, 1.82) is 0 Å². The minimum atomic E-state index is -4.40. The van der Waals surface area contributed by atoms with Crippen LogP contribution in [0.15, 0.2) is 53.3 Å². The van der Waals surface area contributed by atoms with Crippen LogP contribution in [0.25, 0.3) is 10.9 Å². The van der Waals surface area contributed by atoms with Crippen LogP contribution in [0, 0.1) is 0 Å². The summed E-state index contributed by atoms with van der Waals surface area (Å²) in [6, 6.07) is 11.3. The number of benzene rings is 2. The van der Waals surface area contributed by atoms with Crippen molar-refractivity contribution in [3.63, 3.8) is 0 Å². The van der Waals surface area contributed by atoms with E-state index in [1.54, 1.807) is 24.3 Å². The lowest BCUT2D eigenvalue weighted by molar-refractivity contribution is -0.137. The van der Waals surface area contributed by atoms with Crippen LogP contribution in [0.5, 0.6) is 0 Å². The van der Waals surface area contributed by atoms with E-state index in [0.717, 1.165) is 12.1 Å². The first-order valence-corrected chi connectivity index (χ1v) is 9.14. The van der Waals surface area contributed by atoms with Gasteiger partial charge in [0, 0.05) is 18.7 Å². The van der Waals surface area contributed by atoms with E-state index in [1.807, 2.05) is 0 Å². The fourth-order valence-corrected chi connectivity index (χ4v) is 2.86. The molecule has 0 bridgehead atoms. The quantitative estimate of drug-likeness (QED) is 0.604. The molecule has 6 nitrogen and oxygen atoms in total. The molecule has 3 aromatic rings. The van der Waals surface area contributed by atoms with Crippen molar-refractivity contribution < 1.29 is 18.0 Å². The van der Waals surface area contributed by atoms with Crippen LogP contribution in [0.4, 0.5) is 18.9 Å². The molecule has 1 amide bonds. The van der Waals surface area contributed by atoms with Crippen LogP contribution >= 0.6 is 0 Å². The Labute approximate surface area is 164 Å². The fraction of sp³-hybridized carbons (Fsp3) is 0.300. The van der Waals surface area contributed by atoms with E-state index in [0.29, 0.717) is 42.4 Å². The second kappa shape index (κ2) is 8.85. The number of amides is 1. The van der Waals surface area contributed by atoms with Crippen LogP contribution in [-0.2, 0) is 17.5 Å². The van der Waals surface area contributed by atoms with E-state index in [9.17, 15) is 22.8 Å². The van der Waals surface area contributed by atoms with Gasteiger partial charge in [0.15, 0.2) is 0 Å². The number of nitrogens with one attached hydrogen (secondary N) is 1. The molecule has 0 unspecified atom stereocenters. The average molecular weight is 404 g/mol. The molecule has 0 radical (unpaired) electrons. The van der Waals surface area contributed by atoms with Crippen molar-refractivity contribution in [2.24, 2.45) is 0 Å². The summed E-state index contributed by atoms with van der Waals surface area (Å²) >= 11 is 0. The maximum absolute atomic E-state index is 12.5. The molecule has 1 heterocycles. The summed E-state index contributed by atoms with van der Waals surface area (Å²) in [6.07, 6.45) is -2.23. The zero-order chi connectivity index (χ0) is 20.9. The van der Waals surface area contributed by atoms with Gasteiger partial charge in [-0.3, -0.25) is 9.59 Å². The van der Waals surface area contributed by atoms with Crippen LogP contribution in [0.2, 0.25) is 0 Å². The number of alkyl halides is 3. The van der Waals surface area contributed by atoms with Gasteiger partial charge in [-0.1, -0.05) is 23.8 Å². The SMILES string of the molecule is O=C(CCCCCn1nnc2ccccc2c1=O)Nc1ccc(C(F)(F)F)cc1. The lowest BCUT2D eigenvalue weighted by atomic mass is 10.1. The Hall–Kier alpha value is -3.23. The molecule has 0 saturated carbocycles. The molecule has 1 N–H and O–H groups in total. The Morgan fingerprint density at radius 3 is 2.45 bits per heavy atom. The number of aromatic nitrogens is 3. The molecule has 0 aliphatic rings. The van der Waals surface area contributed by atoms with Gasteiger partial charge in [-0.05, 0) is 49.2 Å². The van der Waals surface area contributed by atoms with Gasteiger partial charge in [0.05, 0.1) is 10.9 Å². The number of aryl methyl sites for hydroxylation is 1. The highest BCUT2D eigenvalue weighted by atomic mass is 19.4. The van der Waals surface area contributed by atoms with Crippen LogP contribution in [-0.4, -0.2) is 20.9 Å². The number of carbonyl (C=O) groups is 1. The van der Waals surface area contributed by atoms with Gasteiger partial charge < -0.3 is 5.32 Å². The van der Waals surface area contributed by atoms with Gasteiger partial charge in [0.1, 0.15) is 5.52 Å². The number of halogens is 3. The summed E-state index contributed by atoms with van der Waals surface area (Å²) < 4.78 is 38.9. The van der Waals surface area contributed by atoms with Gasteiger partial charge in [0.2, 0.25) is 5.91 Å². The molecule has 1 aromatic heterocycles. The molecule has 0 aliphatic heterocycles. The number of anilines is 1. The third kappa shape index (κ3) is 5.40. The van der Waals surface area contributed by atoms with E-state index in [2.05, 4.69) is 15.6 Å². The molecule has 0 fully saturated rings. The zero-order valence-electron chi connectivity index (χ0n) is 15.4. The zero-order valence-corrected chi connectivity index (χ0v) is 15.4. The average Bonchev–Trinajstić information content (AvgIpc) is 2.69. The number of rotatable bonds is 7. The standard InChI is InChI=1S/C20H19F3N4O2/c21-20(22,23)14-9-11-15(12-10-14)24-18(28)8-2-1-5-13-27-19(29)16-6-3-4-7-17(16)25-26-27/h3-4,6-7,9-12H,1-2,5,8,13H2,(H,24,28). The molecule has 152 valence electrons. The Kier molecular flexibility index (Phi) is 6.26. The molecule has 0 atom stereocenters. The van der Waals surface area contributed by atoms with Crippen molar-refractivity contribution in [1.82, 2.24) is 15.0 Å². The molecular weight excluding hydrogens is 385 g/mol. The molecule has 0 aliphatic carbocycles.